The minimum atomic E-state index is -4.33. The van der Waals surface area contributed by atoms with Crippen LogP contribution in [0.4, 0.5) is 13.2 Å². The molecule has 5 nitrogen and oxygen atoms in total. The van der Waals surface area contributed by atoms with E-state index in [0.717, 1.165) is 50.2 Å². The maximum atomic E-state index is 12.8. The summed E-state index contributed by atoms with van der Waals surface area (Å²) < 4.78 is 45.9. The van der Waals surface area contributed by atoms with Gasteiger partial charge in [0, 0.05) is 43.8 Å². The van der Waals surface area contributed by atoms with Crippen LogP contribution in [0, 0.1) is 0 Å². The molecule has 0 saturated carbocycles. The molecule has 0 bridgehead atoms. The average Bonchev–Trinajstić information content (AvgIpc) is 3.32. The topological polar surface area (TPSA) is 46.5 Å². The molecule has 0 atom stereocenters. The van der Waals surface area contributed by atoms with E-state index in [2.05, 4.69) is 30.1 Å². The molecule has 36 heavy (non-hydrogen) atoms. The van der Waals surface area contributed by atoms with E-state index in [9.17, 15) is 18.0 Å². The molecule has 1 N–H and O–H groups in total. The number of nitrogens with zero attached hydrogens (tertiary/aromatic N) is 2. The number of benzene rings is 2. The summed E-state index contributed by atoms with van der Waals surface area (Å²) in [5, 5.41) is 3.08. The standard InChI is InChI=1S/C28H32F3N3O2/c1-20(2)22-4-3-5-26(16-22)36-19-27(35)32-24-11-13-33(14-12-24)17-21-10-15-34(18-21)25-8-6-23(7-9-25)28(29,30)31/h3-10,15-16,18,20,24H,11-14,17,19H2,1-2H3,(H,32,35). The van der Waals surface area contributed by atoms with Crippen molar-refractivity contribution in [3.8, 4) is 11.4 Å². The minimum Gasteiger partial charge on any atom is -0.484 e. The monoisotopic (exact) mass is 499 g/mol. The van der Waals surface area contributed by atoms with Crippen LogP contribution in [0.15, 0.2) is 67.0 Å². The maximum Gasteiger partial charge on any atom is 0.416 e. The van der Waals surface area contributed by atoms with E-state index in [-0.39, 0.29) is 18.6 Å². The van der Waals surface area contributed by atoms with Crippen LogP contribution in [0.25, 0.3) is 5.69 Å². The van der Waals surface area contributed by atoms with Gasteiger partial charge in [0.2, 0.25) is 0 Å². The lowest BCUT2D eigenvalue weighted by Crippen LogP contribution is -2.45. The third-order valence-electron chi connectivity index (χ3n) is 6.50. The molecular weight excluding hydrogens is 467 g/mol. The first kappa shape index (κ1) is 25.8. The quantitative estimate of drug-likeness (QED) is 0.428. The van der Waals surface area contributed by atoms with Crippen molar-refractivity contribution in [1.82, 2.24) is 14.8 Å². The highest BCUT2D eigenvalue weighted by molar-refractivity contribution is 5.77. The van der Waals surface area contributed by atoms with Crippen LogP contribution in [0.1, 0.15) is 49.3 Å². The fourth-order valence-electron chi connectivity index (χ4n) is 4.39. The molecule has 8 heteroatoms. The number of halogens is 3. The Hall–Kier alpha value is -3.26. The second-order valence-corrected chi connectivity index (χ2v) is 9.61. The zero-order chi connectivity index (χ0) is 25.7. The van der Waals surface area contributed by atoms with E-state index in [1.54, 1.807) is 0 Å². The number of hydrogen-bond donors (Lipinski definition) is 1. The molecule has 1 saturated heterocycles. The summed E-state index contributed by atoms with van der Waals surface area (Å²) in [6.07, 6.45) is 1.19. The van der Waals surface area contributed by atoms with Crippen LogP contribution in [-0.4, -0.2) is 41.1 Å². The molecule has 1 aliphatic heterocycles. The lowest BCUT2D eigenvalue weighted by Gasteiger charge is -2.32. The van der Waals surface area contributed by atoms with Gasteiger partial charge in [0.25, 0.3) is 5.91 Å². The van der Waals surface area contributed by atoms with E-state index in [4.69, 9.17) is 4.74 Å². The van der Waals surface area contributed by atoms with Crippen molar-refractivity contribution in [3.63, 3.8) is 0 Å². The van der Waals surface area contributed by atoms with Gasteiger partial charge in [-0.15, -0.1) is 0 Å². The Labute approximate surface area is 209 Å². The zero-order valence-electron chi connectivity index (χ0n) is 20.6. The lowest BCUT2D eigenvalue weighted by molar-refractivity contribution is -0.137. The second-order valence-electron chi connectivity index (χ2n) is 9.61. The normalized spacial score (nSPS) is 15.3. The van der Waals surface area contributed by atoms with Crippen LogP contribution in [-0.2, 0) is 17.5 Å². The zero-order valence-corrected chi connectivity index (χ0v) is 20.6. The average molecular weight is 500 g/mol. The van der Waals surface area contributed by atoms with Crippen molar-refractivity contribution in [1.29, 1.82) is 0 Å². The number of ether oxygens (including phenoxy) is 1. The molecular formula is C28H32F3N3O2. The highest BCUT2D eigenvalue weighted by Gasteiger charge is 2.30. The van der Waals surface area contributed by atoms with Gasteiger partial charge in [-0.1, -0.05) is 26.0 Å². The number of hydrogen-bond acceptors (Lipinski definition) is 3. The van der Waals surface area contributed by atoms with Crippen molar-refractivity contribution < 1.29 is 22.7 Å². The van der Waals surface area contributed by atoms with E-state index in [1.165, 1.54) is 17.7 Å². The van der Waals surface area contributed by atoms with Crippen LogP contribution in [0.2, 0.25) is 0 Å². The highest BCUT2D eigenvalue weighted by Crippen LogP contribution is 2.29. The first-order valence-electron chi connectivity index (χ1n) is 12.3. The number of rotatable bonds is 8. The predicted molar refractivity (Wildman–Crippen MR) is 133 cm³/mol. The fraction of sp³-hybridized carbons (Fsp3) is 0.393. The van der Waals surface area contributed by atoms with Gasteiger partial charge in [-0.25, -0.2) is 0 Å². The van der Waals surface area contributed by atoms with Crippen molar-refractivity contribution in [2.75, 3.05) is 19.7 Å². The van der Waals surface area contributed by atoms with Gasteiger partial charge in [-0.2, -0.15) is 13.2 Å². The van der Waals surface area contributed by atoms with Crippen molar-refractivity contribution in [3.05, 3.63) is 83.7 Å². The Morgan fingerprint density at radius 2 is 1.81 bits per heavy atom. The first-order chi connectivity index (χ1) is 17.2. The molecule has 0 spiro atoms. The minimum absolute atomic E-state index is 0.000766. The van der Waals surface area contributed by atoms with Crippen LogP contribution >= 0.6 is 0 Å². The molecule has 0 radical (unpaired) electrons. The maximum absolute atomic E-state index is 12.8. The molecule has 1 amide bonds. The smallest absolute Gasteiger partial charge is 0.416 e. The summed E-state index contributed by atoms with van der Waals surface area (Å²) in [5.41, 5.74) is 2.30. The summed E-state index contributed by atoms with van der Waals surface area (Å²) >= 11 is 0. The van der Waals surface area contributed by atoms with Gasteiger partial charge in [-0.05, 0) is 72.4 Å². The summed E-state index contributed by atoms with van der Waals surface area (Å²) in [4.78, 5) is 14.7. The second kappa shape index (κ2) is 11.2. The van der Waals surface area contributed by atoms with Gasteiger partial charge >= 0.3 is 6.18 Å². The number of carbonyl (C=O) groups is 1. The summed E-state index contributed by atoms with van der Waals surface area (Å²) in [6, 6.07) is 15.1. The van der Waals surface area contributed by atoms with Crippen LogP contribution < -0.4 is 10.1 Å². The largest absolute Gasteiger partial charge is 0.484 e. The Balaban J connectivity index is 1.21. The van der Waals surface area contributed by atoms with Gasteiger partial charge in [0.15, 0.2) is 6.61 Å². The summed E-state index contributed by atoms with van der Waals surface area (Å²) in [5.74, 6) is 0.988. The number of nitrogens with one attached hydrogen (secondary N) is 1. The van der Waals surface area contributed by atoms with E-state index in [0.29, 0.717) is 17.4 Å². The Morgan fingerprint density at radius 3 is 2.47 bits per heavy atom. The molecule has 3 aromatic rings. The lowest BCUT2D eigenvalue weighted by atomic mass is 10.0. The molecule has 0 aliphatic carbocycles. The molecule has 2 aromatic carbocycles. The van der Waals surface area contributed by atoms with Crippen molar-refractivity contribution in [2.45, 2.75) is 51.4 Å². The number of carbonyl (C=O) groups excluding carboxylic acids is 1. The summed E-state index contributed by atoms with van der Waals surface area (Å²) in [7, 11) is 0. The number of aromatic nitrogens is 1. The summed E-state index contributed by atoms with van der Waals surface area (Å²) in [6.45, 7) is 6.70. The Morgan fingerprint density at radius 1 is 1.08 bits per heavy atom. The van der Waals surface area contributed by atoms with E-state index in [1.807, 2.05) is 41.2 Å². The van der Waals surface area contributed by atoms with Crippen LogP contribution in [0.3, 0.4) is 0 Å². The van der Waals surface area contributed by atoms with Crippen LogP contribution in [0.5, 0.6) is 5.75 Å². The molecule has 4 rings (SSSR count). The molecule has 0 unspecified atom stereocenters. The molecule has 2 heterocycles. The number of likely N-dealkylation sites (tertiary alicyclic amines) is 1. The number of piperidine rings is 1. The first-order valence-corrected chi connectivity index (χ1v) is 12.3. The van der Waals surface area contributed by atoms with Gasteiger partial charge < -0.3 is 14.6 Å². The third kappa shape index (κ3) is 6.91. The van der Waals surface area contributed by atoms with Gasteiger partial charge in [-0.3, -0.25) is 9.69 Å². The third-order valence-corrected chi connectivity index (χ3v) is 6.50. The molecule has 1 aromatic heterocycles. The molecule has 1 aliphatic rings. The van der Waals surface area contributed by atoms with E-state index >= 15 is 0 Å². The fourth-order valence-corrected chi connectivity index (χ4v) is 4.39. The van der Waals surface area contributed by atoms with Crippen molar-refractivity contribution in [2.24, 2.45) is 0 Å². The number of alkyl halides is 3. The van der Waals surface area contributed by atoms with Crippen molar-refractivity contribution >= 4 is 5.91 Å². The van der Waals surface area contributed by atoms with E-state index < -0.39 is 11.7 Å². The molecule has 192 valence electrons. The Bertz CT molecular complexity index is 1150. The SMILES string of the molecule is CC(C)c1cccc(OCC(=O)NC2CCN(Cc3ccn(-c4ccc(C(F)(F)F)cc4)c3)CC2)c1. The van der Waals surface area contributed by atoms with Gasteiger partial charge in [0.1, 0.15) is 5.75 Å². The van der Waals surface area contributed by atoms with Gasteiger partial charge in [0.05, 0.1) is 5.56 Å². The highest BCUT2D eigenvalue weighted by atomic mass is 19.4. The molecule has 1 fully saturated rings. The Kier molecular flexibility index (Phi) is 8.04. The number of amides is 1. The predicted octanol–water partition coefficient (Wildman–Crippen LogP) is 5.78.